The van der Waals surface area contributed by atoms with Crippen LogP contribution in [0.2, 0.25) is 0 Å². The summed E-state index contributed by atoms with van der Waals surface area (Å²) in [6.45, 7) is 1.86. The highest BCUT2D eigenvalue weighted by Gasteiger charge is 2.17. The van der Waals surface area contributed by atoms with E-state index in [9.17, 15) is 4.39 Å². The fraction of sp³-hybridized carbons (Fsp3) is 0.250. The summed E-state index contributed by atoms with van der Waals surface area (Å²) in [6, 6.07) is 2.95. The third-order valence-corrected chi connectivity index (χ3v) is 1.72. The molecule has 0 bridgehead atoms. The zero-order chi connectivity index (χ0) is 7.84. The Morgan fingerprint density at radius 2 is 2.18 bits per heavy atom. The second-order valence-corrected chi connectivity index (χ2v) is 2.41. The maximum absolute atomic E-state index is 12.8. The molecule has 0 unspecified atom stereocenters. The number of fused-ring (bicyclic) bond motifs is 1. The fourth-order valence-electron chi connectivity index (χ4n) is 1.09. The molecule has 0 atom stereocenters. The minimum atomic E-state index is -0.255. The van der Waals surface area contributed by atoms with Crippen LogP contribution in [-0.4, -0.2) is 6.79 Å². The predicted octanol–water partition coefficient (Wildman–Crippen LogP) is 1.86. The van der Waals surface area contributed by atoms with Crippen molar-refractivity contribution in [2.24, 2.45) is 0 Å². The van der Waals surface area contributed by atoms with Gasteiger partial charge >= 0.3 is 0 Å². The summed E-state index contributed by atoms with van der Waals surface area (Å²) in [5.74, 6) is 0.906. The minimum absolute atomic E-state index is 0.194. The van der Waals surface area contributed by atoms with Crippen LogP contribution in [0.1, 0.15) is 5.56 Å². The maximum Gasteiger partial charge on any atom is 0.231 e. The summed E-state index contributed by atoms with van der Waals surface area (Å²) in [7, 11) is 0. The lowest BCUT2D eigenvalue weighted by Crippen LogP contribution is -1.93. The number of benzene rings is 1. The second-order valence-electron chi connectivity index (χ2n) is 2.41. The Morgan fingerprint density at radius 3 is 3.00 bits per heavy atom. The Bertz CT molecular complexity index is 296. The van der Waals surface area contributed by atoms with E-state index in [0.29, 0.717) is 17.1 Å². The Morgan fingerprint density at radius 1 is 1.36 bits per heavy atom. The molecule has 1 aromatic carbocycles. The summed E-state index contributed by atoms with van der Waals surface area (Å²) in [5, 5.41) is 0. The zero-order valence-corrected chi connectivity index (χ0v) is 6.06. The molecule has 0 radical (unpaired) electrons. The molecule has 3 heteroatoms. The van der Waals surface area contributed by atoms with Crippen LogP contribution < -0.4 is 9.47 Å². The quantitative estimate of drug-likeness (QED) is 0.567. The Labute approximate surface area is 63.5 Å². The SMILES string of the molecule is Cc1c(F)ccc2c1OCO2. The molecule has 1 aromatic rings. The van der Waals surface area contributed by atoms with E-state index in [1.807, 2.05) is 0 Å². The third kappa shape index (κ3) is 0.843. The van der Waals surface area contributed by atoms with Gasteiger partial charge in [-0.05, 0) is 19.1 Å². The highest BCUT2D eigenvalue weighted by molar-refractivity contribution is 5.47. The minimum Gasteiger partial charge on any atom is -0.454 e. The largest absolute Gasteiger partial charge is 0.454 e. The lowest BCUT2D eigenvalue weighted by atomic mass is 10.2. The first kappa shape index (κ1) is 6.46. The fourth-order valence-corrected chi connectivity index (χ4v) is 1.09. The molecule has 0 spiro atoms. The molecule has 1 aliphatic rings. The number of hydrogen-bond donors (Lipinski definition) is 0. The molecule has 0 aromatic heterocycles. The van der Waals surface area contributed by atoms with Gasteiger partial charge in [0, 0.05) is 5.56 Å². The van der Waals surface area contributed by atoms with E-state index in [1.165, 1.54) is 6.07 Å². The van der Waals surface area contributed by atoms with Gasteiger partial charge in [0.15, 0.2) is 11.5 Å². The van der Waals surface area contributed by atoms with Crippen molar-refractivity contribution >= 4 is 0 Å². The number of rotatable bonds is 0. The van der Waals surface area contributed by atoms with Gasteiger partial charge in [0.25, 0.3) is 0 Å². The van der Waals surface area contributed by atoms with Crippen molar-refractivity contribution in [3.8, 4) is 11.5 Å². The summed E-state index contributed by atoms with van der Waals surface area (Å²) < 4.78 is 22.9. The smallest absolute Gasteiger partial charge is 0.231 e. The van der Waals surface area contributed by atoms with E-state index in [2.05, 4.69) is 0 Å². The monoisotopic (exact) mass is 154 g/mol. The highest BCUT2D eigenvalue weighted by atomic mass is 19.1. The number of halogens is 1. The Kier molecular flexibility index (Phi) is 1.24. The normalized spacial score (nSPS) is 13.6. The van der Waals surface area contributed by atoms with Crippen LogP contribution in [0, 0.1) is 12.7 Å². The molecule has 2 rings (SSSR count). The van der Waals surface area contributed by atoms with Crippen molar-refractivity contribution in [2.75, 3.05) is 6.79 Å². The first-order valence-corrected chi connectivity index (χ1v) is 3.34. The van der Waals surface area contributed by atoms with Crippen LogP contribution in [0.4, 0.5) is 4.39 Å². The van der Waals surface area contributed by atoms with Gasteiger partial charge in [0.2, 0.25) is 6.79 Å². The van der Waals surface area contributed by atoms with E-state index < -0.39 is 0 Å². The Hall–Kier alpha value is -1.25. The van der Waals surface area contributed by atoms with Crippen molar-refractivity contribution < 1.29 is 13.9 Å². The second kappa shape index (κ2) is 2.12. The number of ether oxygens (including phenoxy) is 2. The molecule has 0 N–H and O–H groups in total. The molecule has 0 amide bonds. The summed E-state index contributed by atoms with van der Waals surface area (Å²) >= 11 is 0. The van der Waals surface area contributed by atoms with Gasteiger partial charge in [-0.3, -0.25) is 0 Å². The van der Waals surface area contributed by atoms with Crippen LogP contribution >= 0.6 is 0 Å². The average Bonchev–Trinajstić information content (AvgIpc) is 2.45. The molecule has 1 heterocycles. The molecule has 0 aliphatic carbocycles. The van der Waals surface area contributed by atoms with Gasteiger partial charge in [-0.15, -0.1) is 0 Å². The molecule has 0 fully saturated rings. The van der Waals surface area contributed by atoms with E-state index in [1.54, 1.807) is 13.0 Å². The van der Waals surface area contributed by atoms with Gasteiger partial charge in [-0.1, -0.05) is 0 Å². The summed E-state index contributed by atoms with van der Waals surface area (Å²) in [5.41, 5.74) is 0.514. The molecule has 0 saturated carbocycles. The van der Waals surface area contributed by atoms with Gasteiger partial charge < -0.3 is 9.47 Å². The lowest BCUT2D eigenvalue weighted by molar-refractivity contribution is 0.173. The molecule has 11 heavy (non-hydrogen) atoms. The molecule has 2 nitrogen and oxygen atoms in total. The van der Waals surface area contributed by atoms with E-state index >= 15 is 0 Å². The van der Waals surface area contributed by atoms with Crippen molar-refractivity contribution in [1.29, 1.82) is 0 Å². The lowest BCUT2D eigenvalue weighted by Gasteiger charge is -1.99. The zero-order valence-electron chi connectivity index (χ0n) is 6.06. The first-order chi connectivity index (χ1) is 5.29. The van der Waals surface area contributed by atoms with E-state index in [0.717, 1.165) is 0 Å². The molecular weight excluding hydrogens is 147 g/mol. The van der Waals surface area contributed by atoms with Crippen LogP contribution in [0.3, 0.4) is 0 Å². The third-order valence-electron chi connectivity index (χ3n) is 1.72. The molecule has 1 aliphatic heterocycles. The van der Waals surface area contributed by atoms with Gasteiger partial charge in [-0.2, -0.15) is 0 Å². The summed E-state index contributed by atoms with van der Waals surface area (Å²) in [4.78, 5) is 0. The summed E-state index contributed by atoms with van der Waals surface area (Å²) in [6.07, 6.45) is 0. The van der Waals surface area contributed by atoms with Crippen molar-refractivity contribution in [1.82, 2.24) is 0 Å². The van der Waals surface area contributed by atoms with Gasteiger partial charge in [0.1, 0.15) is 5.82 Å². The van der Waals surface area contributed by atoms with Crippen LogP contribution in [0.15, 0.2) is 12.1 Å². The first-order valence-electron chi connectivity index (χ1n) is 3.34. The van der Waals surface area contributed by atoms with E-state index in [-0.39, 0.29) is 12.6 Å². The average molecular weight is 154 g/mol. The predicted molar refractivity (Wildman–Crippen MR) is 37.3 cm³/mol. The topological polar surface area (TPSA) is 18.5 Å². The van der Waals surface area contributed by atoms with Crippen LogP contribution in [0.25, 0.3) is 0 Å². The molecule has 0 saturated heterocycles. The van der Waals surface area contributed by atoms with Crippen LogP contribution in [-0.2, 0) is 0 Å². The molecular formula is C8H7FO2. The van der Waals surface area contributed by atoms with Crippen molar-refractivity contribution in [3.05, 3.63) is 23.5 Å². The molecule has 58 valence electrons. The van der Waals surface area contributed by atoms with Gasteiger partial charge in [0.05, 0.1) is 0 Å². The van der Waals surface area contributed by atoms with Crippen LogP contribution in [0.5, 0.6) is 11.5 Å². The highest BCUT2D eigenvalue weighted by Crippen LogP contribution is 2.35. The van der Waals surface area contributed by atoms with Crippen molar-refractivity contribution in [3.63, 3.8) is 0 Å². The number of hydrogen-bond acceptors (Lipinski definition) is 2. The van der Waals surface area contributed by atoms with E-state index in [4.69, 9.17) is 9.47 Å². The Balaban J connectivity index is 2.62. The maximum atomic E-state index is 12.8. The van der Waals surface area contributed by atoms with Gasteiger partial charge in [-0.25, -0.2) is 4.39 Å². The van der Waals surface area contributed by atoms with Crippen molar-refractivity contribution in [2.45, 2.75) is 6.92 Å². The standard InChI is InChI=1S/C8H7FO2/c1-5-6(9)2-3-7-8(5)11-4-10-7/h2-3H,4H2,1H3.